The fourth-order valence-electron chi connectivity index (χ4n) is 0.881. The number of Topliss-reactive ketones (excluding diaryl/α,β-unsaturated/α-hetero) is 1. The van der Waals surface area contributed by atoms with Crippen molar-refractivity contribution in [3.8, 4) is 0 Å². The van der Waals surface area contributed by atoms with Crippen LogP contribution in [0.15, 0.2) is 0 Å². The largest absolute Gasteiger partial charge is 0.466 e. The molecule has 0 amide bonds. The quantitative estimate of drug-likeness (QED) is 0.463. The molecular formula is C11H18O5. The molecule has 0 aliphatic heterocycles. The molecule has 0 spiro atoms. The second-order valence-electron chi connectivity index (χ2n) is 3.28. The Labute approximate surface area is 95.1 Å². The van der Waals surface area contributed by atoms with E-state index in [1.54, 1.807) is 0 Å². The number of rotatable bonds is 8. The van der Waals surface area contributed by atoms with Crippen LogP contribution in [0, 0.1) is 0 Å². The van der Waals surface area contributed by atoms with Crippen molar-refractivity contribution >= 4 is 17.7 Å². The van der Waals surface area contributed by atoms with E-state index in [4.69, 9.17) is 4.74 Å². The van der Waals surface area contributed by atoms with E-state index in [0.717, 1.165) is 6.42 Å². The minimum Gasteiger partial charge on any atom is -0.466 e. The normalized spacial score (nSPS) is 9.62. The van der Waals surface area contributed by atoms with Gasteiger partial charge in [0.25, 0.3) is 0 Å². The molecule has 0 aliphatic rings. The zero-order valence-corrected chi connectivity index (χ0v) is 9.78. The zero-order chi connectivity index (χ0) is 12.4. The van der Waals surface area contributed by atoms with Crippen LogP contribution in [0.5, 0.6) is 0 Å². The van der Waals surface area contributed by atoms with Crippen molar-refractivity contribution in [1.29, 1.82) is 0 Å². The SMILES string of the molecule is CCCOC(=O)CCC(=O)C(=O)OCCC. The van der Waals surface area contributed by atoms with Gasteiger partial charge in [0.2, 0.25) is 5.78 Å². The van der Waals surface area contributed by atoms with Crippen molar-refractivity contribution in [3.63, 3.8) is 0 Å². The van der Waals surface area contributed by atoms with Crippen molar-refractivity contribution in [1.82, 2.24) is 0 Å². The van der Waals surface area contributed by atoms with Crippen LogP contribution in [0.2, 0.25) is 0 Å². The molecule has 0 saturated carbocycles. The molecule has 0 heterocycles. The predicted octanol–water partition coefficient (Wildman–Crippen LogP) is 1.24. The van der Waals surface area contributed by atoms with Gasteiger partial charge >= 0.3 is 11.9 Å². The topological polar surface area (TPSA) is 69.7 Å². The van der Waals surface area contributed by atoms with Crippen LogP contribution in [0.25, 0.3) is 0 Å². The summed E-state index contributed by atoms with van der Waals surface area (Å²) >= 11 is 0. The Morgan fingerprint density at radius 3 is 2.00 bits per heavy atom. The van der Waals surface area contributed by atoms with Crippen molar-refractivity contribution in [3.05, 3.63) is 0 Å². The van der Waals surface area contributed by atoms with Crippen LogP contribution in [0.1, 0.15) is 39.5 Å². The van der Waals surface area contributed by atoms with E-state index in [1.807, 2.05) is 13.8 Å². The number of ketones is 1. The maximum Gasteiger partial charge on any atom is 0.374 e. The van der Waals surface area contributed by atoms with Crippen molar-refractivity contribution in [2.45, 2.75) is 39.5 Å². The molecule has 0 aromatic carbocycles. The molecule has 0 unspecified atom stereocenters. The number of esters is 2. The standard InChI is InChI=1S/C11H18O5/c1-3-7-15-10(13)6-5-9(12)11(14)16-8-4-2/h3-8H2,1-2H3. The maximum atomic E-state index is 11.1. The molecule has 16 heavy (non-hydrogen) atoms. The molecule has 0 atom stereocenters. The molecule has 0 bridgehead atoms. The first kappa shape index (κ1) is 14.6. The summed E-state index contributed by atoms with van der Waals surface area (Å²) in [5, 5.41) is 0. The van der Waals surface area contributed by atoms with Crippen molar-refractivity contribution in [2.24, 2.45) is 0 Å². The van der Waals surface area contributed by atoms with Gasteiger partial charge in [0.05, 0.1) is 19.6 Å². The van der Waals surface area contributed by atoms with E-state index in [1.165, 1.54) is 0 Å². The Morgan fingerprint density at radius 2 is 1.44 bits per heavy atom. The average molecular weight is 230 g/mol. The molecule has 0 aromatic heterocycles. The fraction of sp³-hybridized carbons (Fsp3) is 0.727. The molecule has 0 N–H and O–H groups in total. The van der Waals surface area contributed by atoms with Gasteiger partial charge in [-0.25, -0.2) is 4.79 Å². The predicted molar refractivity (Wildman–Crippen MR) is 56.7 cm³/mol. The summed E-state index contributed by atoms with van der Waals surface area (Å²) in [6, 6.07) is 0. The van der Waals surface area contributed by atoms with E-state index in [2.05, 4.69) is 4.74 Å². The Morgan fingerprint density at radius 1 is 0.875 bits per heavy atom. The van der Waals surface area contributed by atoms with Gasteiger partial charge in [-0.3, -0.25) is 9.59 Å². The zero-order valence-electron chi connectivity index (χ0n) is 9.78. The van der Waals surface area contributed by atoms with Gasteiger partial charge < -0.3 is 9.47 Å². The van der Waals surface area contributed by atoms with Crippen LogP contribution in [-0.2, 0) is 23.9 Å². The van der Waals surface area contributed by atoms with E-state index < -0.39 is 17.7 Å². The lowest BCUT2D eigenvalue weighted by molar-refractivity contribution is -0.154. The van der Waals surface area contributed by atoms with Gasteiger partial charge in [-0.2, -0.15) is 0 Å². The Hall–Kier alpha value is -1.39. The highest BCUT2D eigenvalue weighted by Crippen LogP contribution is 1.97. The van der Waals surface area contributed by atoms with E-state index in [-0.39, 0.29) is 19.4 Å². The first-order valence-electron chi connectivity index (χ1n) is 5.47. The minimum atomic E-state index is -0.870. The average Bonchev–Trinajstić information content (AvgIpc) is 2.30. The minimum absolute atomic E-state index is 0.0694. The second-order valence-corrected chi connectivity index (χ2v) is 3.28. The fourth-order valence-corrected chi connectivity index (χ4v) is 0.881. The Bertz CT molecular complexity index is 247. The van der Waals surface area contributed by atoms with Crippen LogP contribution in [-0.4, -0.2) is 30.9 Å². The summed E-state index contributed by atoms with van der Waals surface area (Å²) in [6.45, 7) is 4.28. The smallest absolute Gasteiger partial charge is 0.374 e. The summed E-state index contributed by atoms with van der Waals surface area (Å²) < 4.78 is 9.38. The van der Waals surface area contributed by atoms with E-state index in [0.29, 0.717) is 13.0 Å². The van der Waals surface area contributed by atoms with Gasteiger partial charge in [-0.1, -0.05) is 13.8 Å². The van der Waals surface area contributed by atoms with Crippen molar-refractivity contribution < 1.29 is 23.9 Å². The van der Waals surface area contributed by atoms with Crippen LogP contribution >= 0.6 is 0 Å². The van der Waals surface area contributed by atoms with E-state index in [9.17, 15) is 14.4 Å². The van der Waals surface area contributed by atoms with Crippen LogP contribution in [0.3, 0.4) is 0 Å². The maximum absolute atomic E-state index is 11.1. The Kier molecular flexibility index (Phi) is 8.11. The monoisotopic (exact) mass is 230 g/mol. The summed E-state index contributed by atoms with van der Waals surface area (Å²) in [5.41, 5.74) is 0. The molecule has 0 saturated heterocycles. The summed E-state index contributed by atoms with van der Waals surface area (Å²) in [4.78, 5) is 33.2. The molecule has 0 aliphatic carbocycles. The number of carbonyl (C=O) groups is 3. The molecule has 0 fully saturated rings. The number of ether oxygens (including phenoxy) is 2. The third-order valence-corrected chi connectivity index (χ3v) is 1.69. The van der Waals surface area contributed by atoms with Gasteiger partial charge in [-0.05, 0) is 12.8 Å². The lowest BCUT2D eigenvalue weighted by Gasteiger charge is -2.03. The summed E-state index contributed by atoms with van der Waals surface area (Å²) in [7, 11) is 0. The number of carbonyl (C=O) groups excluding carboxylic acids is 3. The van der Waals surface area contributed by atoms with Gasteiger partial charge in [0.15, 0.2) is 0 Å². The molecule has 0 rings (SSSR count). The van der Waals surface area contributed by atoms with Crippen molar-refractivity contribution in [2.75, 3.05) is 13.2 Å². The van der Waals surface area contributed by atoms with Crippen LogP contribution < -0.4 is 0 Å². The third-order valence-electron chi connectivity index (χ3n) is 1.69. The molecule has 0 radical (unpaired) electrons. The van der Waals surface area contributed by atoms with Crippen LogP contribution in [0.4, 0.5) is 0 Å². The summed E-state index contributed by atoms with van der Waals surface area (Å²) in [6.07, 6.45) is 1.18. The molecule has 5 heteroatoms. The number of hydrogen-bond donors (Lipinski definition) is 0. The molecule has 5 nitrogen and oxygen atoms in total. The van der Waals surface area contributed by atoms with Gasteiger partial charge in [0, 0.05) is 6.42 Å². The van der Waals surface area contributed by atoms with Gasteiger partial charge in [0.1, 0.15) is 0 Å². The molecule has 0 aromatic rings. The lowest BCUT2D eigenvalue weighted by Crippen LogP contribution is -2.19. The molecule has 92 valence electrons. The second kappa shape index (κ2) is 8.88. The van der Waals surface area contributed by atoms with Gasteiger partial charge in [-0.15, -0.1) is 0 Å². The highest BCUT2D eigenvalue weighted by Gasteiger charge is 2.16. The third kappa shape index (κ3) is 6.98. The first-order chi connectivity index (χ1) is 7.61. The first-order valence-corrected chi connectivity index (χ1v) is 5.47. The number of hydrogen-bond acceptors (Lipinski definition) is 5. The Balaban J connectivity index is 3.71. The molecular weight excluding hydrogens is 212 g/mol. The lowest BCUT2D eigenvalue weighted by atomic mass is 10.2. The summed E-state index contributed by atoms with van der Waals surface area (Å²) in [5.74, 6) is -2.01. The van der Waals surface area contributed by atoms with E-state index >= 15 is 0 Å². The highest BCUT2D eigenvalue weighted by molar-refractivity contribution is 6.33. The highest BCUT2D eigenvalue weighted by atomic mass is 16.5.